The number of aryl methyl sites for hydroxylation is 1. The van der Waals surface area contributed by atoms with Crippen LogP contribution in [0.1, 0.15) is 58.2 Å². The van der Waals surface area contributed by atoms with E-state index in [9.17, 15) is 15.0 Å². The molecule has 0 amide bonds. The average Bonchev–Trinajstić information content (AvgIpc) is 2.55. The summed E-state index contributed by atoms with van der Waals surface area (Å²) in [7, 11) is 0. The topological polar surface area (TPSA) is 77.8 Å². The molecule has 0 saturated carbocycles. The molecule has 0 bridgehead atoms. The number of benzene rings is 1. The maximum absolute atomic E-state index is 12.2. The Morgan fingerprint density at radius 2 is 2.00 bits per heavy atom. The van der Waals surface area contributed by atoms with Crippen molar-refractivity contribution in [3.05, 3.63) is 33.9 Å². The van der Waals surface area contributed by atoms with E-state index < -0.39 is 18.1 Å². The minimum absolute atomic E-state index is 0.0718. The third-order valence-electron chi connectivity index (χ3n) is 4.05. The Labute approximate surface area is 112 Å². The van der Waals surface area contributed by atoms with Gasteiger partial charge in [0.1, 0.15) is 0 Å². The van der Waals surface area contributed by atoms with Gasteiger partial charge in [-0.3, -0.25) is 4.79 Å². The first-order chi connectivity index (χ1) is 8.90. The van der Waals surface area contributed by atoms with E-state index in [0.29, 0.717) is 16.7 Å². The van der Waals surface area contributed by atoms with Crippen molar-refractivity contribution in [1.29, 1.82) is 0 Å². The van der Waals surface area contributed by atoms with E-state index >= 15 is 0 Å². The molecule has 1 aliphatic carbocycles. The smallest absolute Gasteiger partial charge is 0.169 e. The highest BCUT2D eigenvalue weighted by atomic mass is 16.3. The van der Waals surface area contributed by atoms with Crippen LogP contribution < -0.4 is 0 Å². The Balaban J connectivity index is 2.60. The van der Waals surface area contributed by atoms with Crippen molar-refractivity contribution < 1.29 is 20.1 Å². The molecule has 0 aromatic heterocycles. The number of ketones is 1. The minimum atomic E-state index is -0.781. The van der Waals surface area contributed by atoms with Crippen molar-refractivity contribution >= 4 is 5.78 Å². The number of fused-ring (bicyclic) bond motifs is 1. The zero-order valence-corrected chi connectivity index (χ0v) is 11.5. The van der Waals surface area contributed by atoms with Crippen LogP contribution in [0.4, 0.5) is 0 Å². The molecule has 104 valence electrons. The van der Waals surface area contributed by atoms with Crippen molar-refractivity contribution in [2.24, 2.45) is 5.92 Å². The number of aliphatic hydroxyl groups excluding tert-OH is 3. The standard InChI is InChI=1S/C15H20O4/c1-7-6-10-13(15(19)9(3)14(10)18)8(2)12(7)11(17)4-5-16/h6,9,11,14,16-18H,4-5H2,1-3H3/t9-,11?,14-/m0/s1. The first-order valence-corrected chi connectivity index (χ1v) is 6.55. The second kappa shape index (κ2) is 5.04. The zero-order valence-electron chi connectivity index (χ0n) is 11.5. The SMILES string of the molecule is Cc1cc2c(c(C)c1C(O)CCO)C(=O)[C@@H](C)[C@@H]2O. The van der Waals surface area contributed by atoms with Gasteiger partial charge in [-0.05, 0) is 36.1 Å². The van der Waals surface area contributed by atoms with Gasteiger partial charge in [0, 0.05) is 24.5 Å². The molecule has 0 fully saturated rings. The number of Topliss-reactive ketones (excluding diaryl/α,β-unsaturated/α-hetero) is 1. The first kappa shape index (κ1) is 14.2. The fourth-order valence-electron chi connectivity index (χ4n) is 3.01. The van der Waals surface area contributed by atoms with Crippen molar-refractivity contribution in [2.75, 3.05) is 6.61 Å². The summed E-state index contributed by atoms with van der Waals surface area (Å²) in [6.07, 6.45) is -1.30. The van der Waals surface area contributed by atoms with Crippen LogP contribution in [-0.4, -0.2) is 27.7 Å². The van der Waals surface area contributed by atoms with E-state index in [4.69, 9.17) is 5.11 Å². The summed E-state index contributed by atoms with van der Waals surface area (Å²) < 4.78 is 0. The lowest BCUT2D eigenvalue weighted by atomic mass is 9.90. The molecule has 1 unspecified atom stereocenters. The van der Waals surface area contributed by atoms with Gasteiger partial charge in [-0.2, -0.15) is 0 Å². The average molecular weight is 264 g/mol. The van der Waals surface area contributed by atoms with E-state index in [0.717, 1.165) is 11.1 Å². The van der Waals surface area contributed by atoms with Gasteiger partial charge in [0.25, 0.3) is 0 Å². The third-order valence-corrected chi connectivity index (χ3v) is 4.05. The number of rotatable bonds is 3. The van der Waals surface area contributed by atoms with Crippen molar-refractivity contribution in [3.63, 3.8) is 0 Å². The lowest BCUT2D eigenvalue weighted by Gasteiger charge is -2.19. The fraction of sp³-hybridized carbons (Fsp3) is 0.533. The van der Waals surface area contributed by atoms with Crippen LogP contribution in [0.15, 0.2) is 6.07 Å². The van der Waals surface area contributed by atoms with E-state index in [1.54, 1.807) is 19.9 Å². The molecule has 4 nitrogen and oxygen atoms in total. The lowest BCUT2D eigenvalue weighted by molar-refractivity contribution is 0.0790. The van der Waals surface area contributed by atoms with Gasteiger partial charge in [-0.15, -0.1) is 0 Å². The normalized spacial score (nSPS) is 23.6. The summed E-state index contributed by atoms with van der Waals surface area (Å²) >= 11 is 0. The maximum Gasteiger partial charge on any atom is 0.169 e. The number of hydrogen-bond acceptors (Lipinski definition) is 4. The maximum atomic E-state index is 12.2. The van der Waals surface area contributed by atoms with Crippen LogP contribution in [0.25, 0.3) is 0 Å². The second-order valence-electron chi connectivity index (χ2n) is 5.32. The Kier molecular flexibility index (Phi) is 3.76. The van der Waals surface area contributed by atoms with Gasteiger partial charge in [0.15, 0.2) is 5.78 Å². The largest absolute Gasteiger partial charge is 0.396 e. The van der Waals surface area contributed by atoms with Crippen LogP contribution in [0.3, 0.4) is 0 Å². The van der Waals surface area contributed by atoms with Gasteiger partial charge in [0.2, 0.25) is 0 Å². The van der Waals surface area contributed by atoms with Crippen molar-refractivity contribution in [1.82, 2.24) is 0 Å². The number of aliphatic hydroxyl groups is 3. The van der Waals surface area contributed by atoms with Crippen molar-refractivity contribution in [2.45, 2.75) is 39.4 Å². The molecular weight excluding hydrogens is 244 g/mol. The Hall–Kier alpha value is -1.23. The molecule has 0 spiro atoms. The predicted octanol–water partition coefficient (Wildman–Crippen LogP) is 1.59. The second-order valence-corrected chi connectivity index (χ2v) is 5.32. The summed E-state index contributed by atoms with van der Waals surface area (Å²) in [4.78, 5) is 12.2. The quantitative estimate of drug-likeness (QED) is 0.774. The van der Waals surface area contributed by atoms with Crippen LogP contribution >= 0.6 is 0 Å². The van der Waals surface area contributed by atoms with Gasteiger partial charge in [0.05, 0.1) is 12.2 Å². The van der Waals surface area contributed by atoms with Crippen LogP contribution in [-0.2, 0) is 0 Å². The van der Waals surface area contributed by atoms with E-state index in [1.165, 1.54) is 0 Å². The third kappa shape index (κ3) is 2.10. The minimum Gasteiger partial charge on any atom is -0.396 e. The highest BCUT2D eigenvalue weighted by Crippen LogP contribution is 2.41. The van der Waals surface area contributed by atoms with Crippen LogP contribution in [0, 0.1) is 19.8 Å². The van der Waals surface area contributed by atoms with Gasteiger partial charge in [-0.25, -0.2) is 0 Å². The zero-order chi connectivity index (χ0) is 14.3. The molecular formula is C15H20O4. The fourth-order valence-corrected chi connectivity index (χ4v) is 3.01. The highest BCUT2D eigenvalue weighted by Gasteiger charge is 2.38. The van der Waals surface area contributed by atoms with Crippen LogP contribution in [0.5, 0.6) is 0 Å². The lowest BCUT2D eigenvalue weighted by Crippen LogP contribution is -2.10. The molecule has 3 N–H and O–H groups in total. The van der Waals surface area contributed by atoms with Gasteiger partial charge < -0.3 is 15.3 Å². The molecule has 3 atom stereocenters. The molecule has 19 heavy (non-hydrogen) atoms. The summed E-state index contributed by atoms with van der Waals surface area (Å²) in [6, 6.07) is 1.78. The number of carbonyl (C=O) groups is 1. The van der Waals surface area contributed by atoms with Crippen LogP contribution in [0.2, 0.25) is 0 Å². The Morgan fingerprint density at radius 1 is 1.37 bits per heavy atom. The molecule has 0 saturated heterocycles. The van der Waals surface area contributed by atoms with Gasteiger partial charge in [-0.1, -0.05) is 13.0 Å². The summed E-state index contributed by atoms with van der Waals surface area (Å²) in [5, 5.41) is 29.1. The Morgan fingerprint density at radius 3 is 2.58 bits per heavy atom. The molecule has 1 aliphatic rings. The molecule has 2 rings (SSSR count). The molecule has 4 heteroatoms. The number of hydrogen-bond donors (Lipinski definition) is 3. The summed E-state index contributed by atoms with van der Waals surface area (Å²) in [5.74, 6) is -0.504. The first-order valence-electron chi connectivity index (χ1n) is 6.55. The van der Waals surface area contributed by atoms with E-state index in [1.807, 2.05) is 6.92 Å². The highest BCUT2D eigenvalue weighted by molar-refractivity contribution is 6.04. The van der Waals surface area contributed by atoms with Gasteiger partial charge >= 0.3 is 0 Å². The number of carbonyl (C=O) groups excluding carboxylic acids is 1. The van der Waals surface area contributed by atoms with Crippen molar-refractivity contribution in [3.8, 4) is 0 Å². The van der Waals surface area contributed by atoms with E-state index in [-0.39, 0.29) is 18.8 Å². The predicted molar refractivity (Wildman–Crippen MR) is 71.0 cm³/mol. The monoisotopic (exact) mass is 264 g/mol. The molecule has 1 aromatic rings. The molecule has 0 radical (unpaired) electrons. The molecule has 0 heterocycles. The summed E-state index contributed by atoms with van der Waals surface area (Å²) in [5.41, 5.74) is 3.47. The molecule has 0 aliphatic heterocycles. The Bertz CT molecular complexity index is 521. The summed E-state index contributed by atoms with van der Waals surface area (Å²) in [6.45, 7) is 5.25. The molecule has 1 aromatic carbocycles. The van der Waals surface area contributed by atoms with E-state index in [2.05, 4.69) is 0 Å².